The number of rotatable bonds is 8. The molecular weight excluding hydrogens is 564 g/mol. The highest BCUT2D eigenvalue weighted by molar-refractivity contribution is 6.06. The number of methoxy groups -OCH3 is 1. The molecular formula is C31H38N8O5. The molecule has 0 spiro atoms. The molecule has 0 radical (unpaired) electrons. The third-order valence-corrected chi connectivity index (χ3v) is 7.98. The van der Waals surface area contributed by atoms with Crippen LogP contribution in [0, 0.1) is 0 Å². The summed E-state index contributed by atoms with van der Waals surface area (Å²) in [5.74, 6) is 0.510. The SMILES string of the molecule is COCC1(O)CCN(c2ccc(Nc3cnc(-c4ccnc5c4ccn5C)c4c3C(=O)NC4)nc2CN(C)C)CC1.O=CO. The van der Waals surface area contributed by atoms with E-state index >= 15 is 0 Å². The predicted octanol–water partition coefficient (Wildman–Crippen LogP) is 2.76. The second-order valence-corrected chi connectivity index (χ2v) is 11.4. The van der Waals surface area contributed by atoms with Gasteiger partial charge in [0.15, 0.2) is 0 Å². The molecule has 13 nitrogen and oxygen atoms in total. The lowest BCUT2D eigenvalue weighted by Crippen LogP contribution is -2.47. The summed E-state index contributed by atoms with van der Waals surface area (Å²) in [5, 5.41) is 25.0. The van der Waals surface area contributed by atoms with Gasteiger partial charge in [-0.25, -0.2) is 9.97 Å². The average Bonchev–Trinajstić information content (AvgIpc) is 3.57. The normalized spacial score (nSPS) is 15.5. The zero-order valence-corrected chi connectivity index (χ0v) is 25.4. The van der Waals surface area contributed by atoms with Crippen LogP contribution in [0.3, 0.4) is 0 Å². The van der Waals surface area contributed by atoms with E-state index in [1.807, 2.05) is 50.1 Å². The van der Waals surface area contributed by atoms with Gasteiger partial charge >= 0.3 is 0 Å². The number of ether oxygens (including phenoxy) is 1. The molecule has 0 saturated carbocycles. The summed E-state index contributed by atoms with van der Waals surface area (Å²) in [6.07, 6.45) is 6.74. The summed E-state index contributed by atoms with van der Waals surface area (Å²) in [7, 11) is 7.62. The summed E-state index contributed by atoms with van der Waals surface area (Å²) >= 11 is 0. The van der Waals surface area contributed by atoms with Gasteiger partial charge in [-0.1, -0.05) is 0 Å². The Morgan fingerprint density at radius 1 is 1.18 bits per heavy atom. The third kappa shape index (κ3) is 6.20. The summed E-state index contributed by atoms with van der Waals surface area (Å²) in [6, 6.07) is 7.99. The molecule has 232 valence electrons. The van der Waals surface area contributed by atoms with E-state index < -0.39 is 5.60 Å². The highest BCUT2D eigenvalue weighted by atomic mass is 16.5. The summed E-state index contributed by atoms with van der Waals surface area (Å²) in [6.45, 7) is 2.59. The number of anilines is 3. The Labute approximate surface area is 255 Å². The molecule has 0 aromatic carbocycles. The summed E-state index contributed by atoms with van der Waals surface area (Å²) in [5.41, 5.74) is 5.84. The van der Waals surface area contributed by atoms with Crippen LogP contribution >= 0.6 is 0 Å². The van der Waals surface area contributed by atoms with E-state index in [4.69, 9.17) is 24.6 Å². The first-order valence-electron chi connectivity index (χ1n) is 14.3. The van der Waals surface area contributed by atoms with Gasteiger partial charge in [-0.15, -0.1) is 0 Å². The lowest BCUT2D eigenvalue weighted by atomic mass is 9.92. The fourth-order valence-electron chi connectivity index (χ4n) is 5.92. The van der Waals surface area contributed by atoms with Crippen molar-refractivity contribution in [3.8, 4) is 11.3 Å². The lowest BCUT2D eigenvalue weighted by molar-refractivity contribution is -0.122. The van der Waals surface area contributed by atoms with E-state index in [9.17, 15) is 9.90 Å². The molecule has 2 aliphatic heterocycles. The zero-order chi connectivity index (χ0) is 31.4. The minimum atomic E-state index is -0.787. The Kier molecular flexibility index (Phi) is 9.09. The minimum Gasteiger partial charge on any atom is -0.483 e. The van der Waals surface area contributed by atoms with Crippen molar-refractivity contribution in [3.63, 3.8) is 0 Å². The number of pyridine rings is 3. The molecule has 4 aromatic heterocycles. The number of aliphatic hydroxyl groups is 1. The highest BCUT2D eigenvalue weighted by Gasteiger charge is 2.33. The molecule has 1 fully saturated rings. The van der Waals surface area contributed by atoms with Crippen LogP contribution in [0.15, 0.2) is 42.9 Å². The van der Waals surface area contributed by atoms with Crippen LogP contribution in [0.4, 0.5) is 17.2 Å². The molecule has 6 rings (SSSR count). The molecule has 2 aliphatic rings. The van der Waals surface area contributed by atoms with Crippen LogP contribution in [-0.4, -0.2) is 93.5 Å². The van der Waals surface area contributed by atoms with E-state index in [2.05, 4.69) is 31.5 Å². The zero-order valence-electron chi connectivity index (χ0n) is 25.4. The second-order valence-electron chi connectivity index (χ2n) is 11.4. The maximum Gasteiger partial charge on any atom is 0.290 e. The number of piperidine rings is 1. The fourth-order valence-corrected chi connectivity index (χ4v) is 5.92. The molecule has 1 amide bonds. The molecule has 0 atom stereocenters. The van der Waals surface area contributed by atoms with E-state index in [1.54, 1.807) is 19.5 Å². The smallest absolute Gasteiger partial charge is 0.290 e. The number of nitrogens with zero attached hydrogens (tertiary/aromatic N) is 6. The van der Waals surface area contributed by atoms with Crippen LogP contribution in [0.5, 0.6) is 0 Å². The molecule has 1 saturated heterocycles. The fraction of sp³-hybridized carbons (Fsp3) is 0.387. The molecule has 13 heteroatoms. The Morgan fingerprint density at radius 2 is 1.93 bits per heavy atom. The van der Waals surface area contributed by atoms with Gasteiger partial charge in [0.25, 0.3) is 12.4 Å². The molecule has 0 bridgehead atoms. The standard InChI is InChI=1S/C30H36N8O3.CH2O2/c1-36(2)17-23-24(38-13-9-30(40,10-14-38)18-41-4)5-6-25(35-23)34-22-16-32-27(21-15-33-29(39)26(21)22)19-7-11-31-28-20(19)8-12-37(28)3;2-1-3/h5-8,11-12,16,40H,9-10,13-15,17-18H2,1-4H3,(H,33,39)(H,34,35);1H,(H,2,3). The van der Waals surface area contributed by atoms with Crippen molar-refractivity contribution in [2.24, 2.45) is 7.05 Å². The van der Waals surface area contributed by atoms with Crippen molar-refractivity contribution in [2.75, 3.05) is 51.1 Å². The first kappa shape index (κ1) is 30.9. The lowest BCUT2D eigenvalue weighted by Gasteiger charge is -2.39. The number of carbonyl (C=O) groups excluding carboxylic acids is 1. The van der Waals surface area contributed by atoms with Crippen LogP contribution in [0.25, 0.3) is 22.3 Å². The monoisotopic (exact) mass is 602 g/mol. The van der Waals surface area contributed by atoms with Gasteiger partial charge in [0.1, 0.15) is 11.5 Å². The maximum absolute atomic E-state index is 13.0. The largest absolute Gasteiger partial charge is 0.483 e. The number of amides is 1. The summed E-state index contributed by atoms with van der Waals surface area (Å²) < 4.78 is 7.21. The predicted molar refractivity (Wildman–Crippen MR) is 167 cm³/mol. The van der Waals surface area contributed by atoms with Crippen LogP contribution < -0.4 is 15.5 Å². The van der Waals surface area contributed by atoms with Gasteiger partial charge in [-0.2, -0.15) is 0 Å². The van der Waals surface area contributed by atoms with Gasteiger partial charge in [-0.05, 0) is 51.2 Å². The summed E-state index contributed by atoms with van der Waals surface area (Å²) in [4.78, 5) is 40.1. The number of aromatic nitrogens is 4. The third-order valence-electron chi connectivity index (χ3n) is 7.98. The van der Waals surface area contributed by atoms with E-state index in [1.165, 1.54) is 0 Å². The molecule has 6 heterocycles. The topological polar surface area (TPSA) is 158 Å². The molecule has 4 aromatic rings. The quantitative estimate of drug-likeness (QED) is 0.220. The number of hydrogen-bond donors (Lipinski definition) is 4. The van der Waals surface area contributed by atoms with Gasteiger partial charge in [0.2, 0.25) is 0 Å². The molecule has 0 aliphatic carbocycles. The Balaban J connectivity index is 0.00000123. The van der Waals surface area contributed by atoms with Gasteiger partial charge in [-0.3, -0.25) is 14.6 Å². The number of carboxylic acid groups (broad SMARTS) is 1. The number of hydrogen-bond acceptors (Lipinski definition) is 10. The molecule has 44 heavy (non-hydrogen) atoms. The van der Waals surface area contributed by atoms with Crippen molar-refractivity contribution >= 4 is 40.6 Å². The Hall–Kier alpha value is -4.59. The highest BCUT2D eigenvalue weighted by Crippen LogP contribution is 2.36. The van der Waals surface area contributed by atoms with Crippen molar-refractivity contribution in [2.45, 2.75) is 31.5 Å². The van der Waals surface area contributed by atoms with Crippen molar-refractivity contribution in [3.05, 3.63) is 59.7 Å². The first-order valence-corrected chi connectivity index (χ1v) is 14.3. The molecule has 0 unspecified atom stereocenters. The van der Waals surface area contributed by atoms with Crippen molar-refractivity contribution in [1.29, 1.82) is 0 Å². The molecule has 4 N–H and O–H groups in total. The first-order chi connectivity index (χ1) is 21.2. The van der Waals surface area contributed by atoms with E-state index in [0.29, 0.717) is 49.6 Å². The van der Waals surface area contributed by atoms with Gasteiger partial charge in [0, 0.05) is 69.2 Å². The minimum absolute atomic E-state index is 0.133. The van der Waals surface area contributed by atoms with Crippen LogP contribution in [0.2, 0.25) is 0 Å². The number of carbonyl (C=O) groups is 2. The van der Waals surface area contributed by atoms with Crippen molar-refractivity contribution in [1.82, 2.24) is 29.7 Å². The van der Waals surface area contributed by atoms with Crippen LogP contribution in [0.1, 0.15) is 34.5 Å². The van der Waals surface area contributed by atoms with Crippen LogP contribution in [-0.2, 0) is 29.7 Å². The Bertz CT molecular complexity index is 1660. The van der Waals surface area contributed by atoms with Gasteiger partial charge < -0.3 is 40.0 Å². The number of aryl methyl sites for hydroxylation is 1. The second kappa shape index (κ2) is 13.0. The maximum atomic E-state index is 13.0. The van der Waals surface area contributed by atoms with Gasteiger partial charge in [0.05, 0.1) is 46.7 Å². The van der Waals surface area contributed by atoms with E-state index in [0.717, 1.165) is 52.3 Å². The number of nitrogens with one attached hydrogen (secondary N) is 2. The Morgan fingerprint density at radius 3 is 2.64 bits per heavy atom. The van der Waals surface area contributed by atoms with E-state index in [-0.39, 0.29) is 12.4 Å². The average molecular weight is 603 g/mol. The van der Waals surface area contributed by atoms with Crippen molar-refractivity contribution < 1.29 is 24.5 Å². The number of fused-ring (bicyclic) bond motifs is 2.